The highest BCUT2D eigenvalue weighted by Gasteiger charge is 2.48. The van der Waals surface area contributed by atoms with Gasteiger partial charge in [0, 0.05) is 19.8 Å². The monoisotopic (exact) mass is 553 g/mol. The zero-order valence-corrected chi connectivity index (χ0v) is 21.4. The molecule has 0 fully saturated rings. The smallest absolute Gasteiger partial charge is 0.412 e. The van der Waals surface area contributed by atoms with Crippen molar-refractivity contribution in [3.05, 3.63) is 45.6 Å². The Hall–Kier alpha value is -3.81. The molecule has 0 spiro atoms. The number of aryl methyl sites for hydroxylation is 1. The van der Waals surface area contributed by atoms with Gasteiger partial charge < -0.3 is 35.3 Å². The highest BCUT2D eigenvalue weighted by atomic mass is 32.1. The van der Waals surface area contributed by atoms with Crippen LogP contribution in [0.1, 0.15) is 22.4 Å². The van der Waals surface area contributed by atoms with Crippen molar-refractivity contribution >= 4 is 41.3 Å². The molecule has 0 saturated carbocycles. The van der Waals surface area contributed by atoms with E-state index < -0.39 is 48.9 Å². The zero-order valence-electron chi connectivity index (χ0n) is 20.6. The predicted octanol–water partition coefficient (Wildman–Crippen LogP) is 2.83. The molecule has 0 saturated heterocycles. The molecule has 1 aromatic carbocycles. The maximum absolute atomic E-state index is 13.8. The Morgan fingerprint density at radius 1 is 1.29 bits per heavy atom. The molecule has 0 unspecified atom stereocenters. The van der Waals surface area contributed by atoms with Gasteiger partial charge in [0.2, 0.25) is 5.91 Å². The minimum Gasteiger partial charge on any atom is -0.490 e. The van der Waals surface area contributed by atoms with Crippen LogP contribution >= 0.6 is 11.3 Å². The van der Waals surface area contributed by atoms with Crippen molar-refractivity contribution in [3.63, 3.8) is 0 Å². The third kappa shape index (κ3) is 5.39. The first kappa shape index (κ1) is 27.2. The minimum atomic E-state index is -4.73. The van der Waals surface area contributed by atoms with E-state index in [1.165, 1.54) is 25.4 Å². The average Bonchev–Trinajstić information content (AvgIpc) is 3.41. The number of benzene rings is 1. The molecule has 10 nitrogen and oxygen atoms in total. The van der Waals surface area contributed by atoms with Crippen LogP contribution in [0.25, 0.3) is 0 Å². The van der Waals surface area contributed by atoms with E-state index in [2.05, 4.69) is 16.0 Å². The Balaban J connectivity index is 1.47. The largest absolute Gasteiger partial charge is 0.490 e. The Kier molecular flexibility index (Phi) is 7.54. The molecule has 5 amide bonds. The molecule has 3 N–H and O–H groups in total. The van der Waals surface area contributed by atoms with Gasteiger partial charge in [-0.05, 0) is 47.5 Å². The van der Waals surface area contributed by atoms with Gasteiger partial charge in [-0.25, -0.2) is 9.59 Å². The molecule has 38 heavy (non-hydrogen) atoms. The first-order valence-corrected chi connectivity index (χ1v) is 12.5. The van der Waals surface area contributed by atoms with E-state index in [0.29, 0.717) is 39.5 Å². The molecule has 2 heterocycles. The summed E-state index contributed by atoms with van der Waals surface area (Å²) in [6, 6.07) is 3.09. The fourth-order valence-electron chi connectivity index (χ4n) is 4.54. The minimum absolute atomic E-state index is 0.240. The van der Waals surface area contributed by atoms with E-state index in [4.69, 9.17) is 4.74 Å². The van der Waals surface area contributed by atoms with Crippen molar-refractivity contribution in [2.24, 2.45) is 0 Å². The number of amides is 5. The first-order valence-electron chi connectivity index (χ1n) is 11.6. The summed E-state index contributed by atoms with van der Waals surface area (Å²) in [5, 5.41) is 9.38. The van der Waals surface area contributed by atoms with E-state index in [-0.39, 0.29) is 13.0 Å². The maximum atomic E-state index is 13.8. The summed E-state index contributed by atoms with van der Waals surface area (Å²) < 4.78 is 46.5. The van der Waals surface area contributed by atoms with Gasteiger partial charge >= 0.3 is 18.2 Å². The second-order valence-corrected chi connectivity index (χ2v) is 10.1. The molecule has 1 aromatic heterocycles. The predicted molar refractivity (Wildman–Crippen MR) is 132 cm³/mol. The molecule has 1 aliphatic heterocycles. The number of rotatable bonds is 5. The van der Waals surface area contributed by atoms with Crippen LogP contribution in [-0.2, 0) is 28.1 Å². The summed E-state index contributed by atoms with van der Waals surface area (Å²) in [6.07, 6.45) is -3.46. The normalized spacial score (nSPS) is 20.3. The number of halogens is 3. The molecular formula is C24H26F3N5O5S. The SMILES string of the molecule is CNC(=O)Nc1ccc2c(c1)CC[C@]2(C=O)NC(=O)N(C)CC(=O)N1Cc2sccc2OC[C@H]1C(F)(F)F. The summed E-state index contributed by atoms with van der Waals surface area (Å²) in [6.45, 7) is -1.70. The van der Waals surface area contributed by atoms with Crippen LogP contribution in [0, 0.1) is 0 Å². The van der Waals surface area contributed by atoms with Crippen LogP contribution in [0.2, 0.25) is 0 Å². The lowest BCUT2D eigenvalue weighted by Gasteiger charge is -2.33. The van der Waals surface area contributed by atoms with Crippen LogP contribution in [0.5, 0.6) is 5.75 Å². The van der Waals surface area contributed by atoms with Gasteiger partial charge in [-0.3, -0.25) is 4.79 Å². The summed E-state index contributed by atoms with van der Waals surface area (Å²) in [5.74, 6) is -0.612. The number of hydrogen-bond donors (Lipinski definition) is 3. The van der Waals surface area contributed by atoms with Crippen molar-refractivity contribution < 1.29 is 37.1 Å². The van der Waals surface area contributed by atoms with E-state index in [1.54, 1.807) is 29.6 Å². The van der Waals surface area contributed by atoms with Crippen LogP contribution in [-0.4, -0.2) is 73.5 Å². The quantitative estimate of drug-likeness (QED) is 0.492. The van der Waals surface area contributed by atoms with Gasteiger partial charge in [-0.15, -0.1) is 11.3 Å². The van der Waals surface area contributed by atoms with Gasteiger partial charge in [0.05, 0.1) is 11.4 Å². The lowest BCUT2D eigenvalue weighted by atomic mass is 9.93. The number of aldehydes is 1. The number of carbonyl (C=O) groups excluding carboxylic acids is 4. The number of nitrogens with zero attached hydrogens (tertiary/aromatic N) is 2. The number of hydrogen-bond acceptors (Lipinski definition) is 6. The van der Waals surface area contributed by atoms with E-state index in [9.17, 15) is 32.3 Å². The molecule has 2 aromatic rings. The van der Waals surface area contributed by atoms with E-state index in [0.717, 1.165) is 10.5 Å². The van der Waals surface area contributed by atoms with Gasteiger partial charge in [-0.2, -0.15) is 13.2 Å². The Morgan fingerprint density at radius 2 is 2.05 bits per heavy atom. The molecule has 0 bridgehead atoms. The summed E-state index contributed by atoms with van der Waals surface area (Å²) >= 11 is 1.18. The molecule has 4 rings (SSSR count). The average molecular weight is 554 g/mol. The van der Waals surface area contributed by atoms with Crippen LogP contribution in [0.15, 0.2) is 29.6 Å². The number of fused-ring (bicyclic) bond motifs is 2. The molecule has 14 heteroatoms. The van der Waals surface area contributed by atoms with Crippen molar-refractivity contribution in [3.8, 4) is 5.75 Å². The van der Waals surface area contributed by atoms with Crippen LogP contribution in [0.3, 0.4) is 0 Å². The molecule has 0 radical (unpaired) electrons. The standard InChI is InChI=1S/C24H26F3N5O5S/c1-28-21(35)29-15-3-4-16-14(9-15)5-7-23(16,13-33)30-22(36)31(2)11-20(34)32-10-18-17(6-8-38-18)37-12-19(32)24(25,26)27/h3-4,6,8-9,13,19H,5,7,10-12H2,1-2H3,(H,30,36)(H2,28,29,35)/t19-,23+/m0/s1. The lowest BCUT2D eigenvalue weighted by molar-refractivity contribution is -0.195. The van der Waals surface area contributed by atoms with Gasteiger partial charge in [0.25, 0.3) is 0 Å². The van der Waals surface area contributed by atoms with Gasteiger partial charge in [-0.1, -0.05) is 6.07 Å². The number of thiophene rings is 1. The number of nitrogens with one attached hydrogen (secondary N) is 3. The molecule has 2 atom stereocenters. The number of ether oxygens (including phenoxy) is 1. The second-order valence-electron chi connectivity index (χ2n) is 9.05. The van der Waals surface area contributed by atoms with E-state index in [1.807, 2.05) is 0 Å². The number of urea groups is 2. The third-order valence-electron chi connectivity index (χ3n) is 6.60. The van der Waals surface area contributed by atoms with Crippen LogP contribution in [0.4, 0.5) is 28.4 Å². The van der Waals surface area contributed by atoms with Crippen LogP contribution < -0.4 is 20.7 Å². The summed E-state index contributed by atoms with van der Waals surface area (Å²) in [4.78, 5) is 51.9. The Morgan fingerprint density at radius 3 is 2.74 bits per heavy atom. The summed E-state index contributed by atoms with van der Waals surface area (Å²) in [7, 11) is 2.74. The highest BCUT2D eigenvalue weighted by molar-refractivity contribution is 7.10. The fourth-order valence-corrected chi connectivity index (χ4v) is 5.35. The Labute approximate surface area is 220 Å². The van der Waals surface area contributed by atoms with Gasteiger partial charge in [0.15, 0.2) is 6.04 Å². The Bertz CT molecular complexity index is 1250. The topological polar surface area (TPSA) is 120 Å². The molecule has 204 valence electrons. The molecule has 1 aliphatic carbocycles. The third-order valence-corrected chi connectivity index (χ3v) is 7.49. The first-order chi connectivity index (χ1) is 18.0. The number of alkyl halides is 3. The zero-order chi connectivity index (χ0) is 27.7. The van der Waals surface area contributed by atoms with Crippen molar-refractivity contribution in [2.75, 3.05) is 32.6 Å². The number of likely N-dealkylation sites (N-methyl/N-ethyl adjacent to an activating group) is 1. The molecular weight excluding hydrogens is 527 g/mol. The summed E-state index contributed by atoms with van der Waals surface area (Å²) in [5.41, 5.74) is 0.407. The number of anilines is 1. The number of carbonyl (C=O) groups is 4. The molecule has 2 aliphatic rings. The van der Waals surface area contributed by atoms with Crippen molar-refractivity contribution in [2.45, 2.75) is 37.1 Å². The fraction of sp³-hybridized carbons (Fsp3) is 0.417. The van der Waals surface area contributed by atoms with Crippen molar-refractivity contribution in [1.29, 1.82) is 0 Å². The van der Waals surface area contributed by atoms with E-state index >= 15 is 0 Å². The van der Waals surface area contributed by atoms with Crippen molar-refractivity contribution in [1.82, 2.24) is 20.4 Å². The second kappa shape index (κ2) is 10.5. The highest BCUT2D eigenvalue weighted by Crippen LogP contribution is 2.38. The maximum Gasteiger partial charge on any atom is 0.412 e. The van der Waals surface area contributed by atoms with Gasteiger partial charge in [0.1, 0.15) is 30.7 Å². The lowest BCUT2D eigenvalue weighted by Crippen LogP contribution is -2.55.